The molecule has 0 radical (unpaired) electrons. The van der Waals surface area contributed by atoms with Crippen LogP contribution in [0.5, 0.6) is 0 Å². The van der Waals surface area contributed by atoms with Gasteiger partial charge < -0.3 is 0 Å². The van der Waals surface area contributed by atoms with Crippen LogP contribution in [0.4, 0.5) is 0 Å². The van der Waals surface area contributed by atoms with Crippen LogP contribution in [0.15, 0.2) is 12.5 Å². The van der Waals surface area contributed by atoms with Crippen molar-refractivity contribution in [1.29, 1.82) is 0 Å². The van der Waals surface area contributed by atoms with Crippen LogP contribution >= 0.6 is 11.6 Å². The molecule has 0 unspecified atom stereocenters. The summed E-state index contributed by atoms with van der Waals surface area (Å²) in [4.78, 5) is 7.88. The quantitative estimate of drug-likeness (QED) is 0.582. The summed E-state index contributed by atoms with van der Waals surface area (Å²) in [5.41, 5.74) is 1.96. The number of aromatic nitrogens is 2. The van der Waals surface area contributed by atoms with Crippen molar-refractivity contribution in [2.75, 3.05) is 0 Å². The smallest absolute Gasteiger partial charge is 0.115 e. The molecule has 54 valence electrons. The fourth-order valence-electron chi connectivity index (χ4n) is 0.792. The lowest BCUT2D eigenvalue weighted by molar-refractivity contribution is 0.970. The Balaban J connectivity index is 3.03. The molecule has 1 aromatic rings. The Morgan fingerprint density at radius 2 is 2.30 bits per heavy atom. The fraction of sp³-hybridized carbons (Fsp3) is 0.429. The zero-order chi connectivity index (χ0) is 7.56. The zero-order valence-corrected chi connectivity index (χ0v) is 6.76. The van der Waals surface area contributed by atoms with Crippen LogP contribution in [0.1, 0.15) is 23.6 Å². The van der Waals surface area contributed by atoms with E-state index in [-0.39, 0.29) is 5.38 Å². The Morgan fingerprint density at radius 1 is 1.60 bits per heavy atom. The lowest BCUT2D eigenvalue weighted by Crippen LogP contribution is -1.93. The number of hydrogen-bond donors (Lipinski definition) is 0. The molecule has 0 saturated carbocycles. The van der Waals surface area contributed by atoms with Gasteiger partial charge in [0.05, 0.1) is 5.38 Å². The summed E-state index contributed by atoms with van der Waals surface area (Å²) in [6, 6.07) is 0. The van der Waals surface area contributed by atoms with Crippen molar-refractivity contribution in [3.8, 4) is 0 Å². The minimum atomic E-state index is 0.00111. The van der Waals surface area contributed by atoms with Crippen molar-refractivity contribution in [3.05, 3.63) is 23.8 Å². The topological polar surface area (TPSA) is 25.8 Å². The predicted molar refractivity (Wildman–Crippen MR) is 41.0 cm³/mol. The second-order valence-electron chi connectivity index (χ2n) is 2.18. The highest BCUT2D eigenvalue weighted by molar-refractivity contribution is 6.20. The van der Waals surface area contributed by atoms with Crippen molar-refractivity contribution in [1.82, 2.24) is 9.97 Å². The summed E-state index contributed by atoms with van der Waals surface area (Å²) < 4.78 is 0. The van der Waals surface area contributed by atoms with Gasteiger partial charge in [-0.3, -0.25) is 0 Å². The third kappa shape index (κ3) is 1.45. The standard InChI is InChI=1S/C7H9ClN2/c1-5(8)7-3-9-4-10-6(7)2/h3-5H,1-2H3/t5-/m0/s1. The third-order valence-corrected chi connectivity index (χ3v) is 1.61. The maximum Gasteiger partial charge on any atom is 0.115 e. The maximum atomic E-state index is 5.83. The lowest BCUT2D eigenvalue weighted by Gasteiger charge is -2.03. The normalized spacial score (nSPS) is 13.1. The van der Waals surface area contributed by atoms with Crippen molar-refractivity contribution < 1.29 is 0 Å². The van der Waals surface area contributed by atoms with Crippen molar-refractivity contribution >= 4 is 11.6 Å². The van der Waals surface area contributed by atoms with Gasteiger partial charge in [0.1, 0.15) is 6.33 Å². The number of nitrogens with zero attached hydrogens (tertiary/aromatic N) is 2. The van der Waals surface area contributed by atoms with Crippen LogP contribution in [0.25, 0.3) is 0 Å². The minimum absolute atomic E-state index is 0.00111. The summed E-state index contributed by atoms with van der Waals surface area (Å²) in [5.74, 6) is 0. The Labute approximate surface area is 65.3 Å². The zero-order valence-electron chi connectivity index (χ0n) is 6.00. The second kappa shape index (κ2) is 2.97. The van der Waals surface area contributed by atoms with Crippen LogP contribution in [0, 0.1) is 6.92 Å². The summed E-state index contributed by atoms with van der Waals surface area (Å²) in [6.45, 7) is 3.84. The van der Waals surface area contributed by atoms with Crippen LogP contribution in [-0.2, 0) is 0 Å². The molecule has 1 heterocycles. The molecule has 0 spiro atoms. The largest absolute Gasteiger partial charge is 0.244 e. The van der Waals surface area contributed by atoms with E-state index in [1.807, 2.05) is 13.8 Å². The molecular weight excluding hydrogens is 148 g/mol. The Hall–Kier alpha value is -0.630. The number of hydrogen-bond acceptors (Lipinski definition) is 2. The number of rotatable bonds is 1. The van der Waals surface area contributed by atoms with Gasteiger partial charge in [0.25, 0.3) is 0 Å². The highest BCUT2D eigenvalue weighted by Gasteiger charge is 2.03. The predicted octanol–water partition coefficient (Wildman–Crippen LogP) is 2.08. The first-order valence-electron chi connectivity index (χ1n) is 3.12. The number of halogens is 1. The molecule has 0 aromatic carbocycles. The number of aryl methyl sites for hydroxylation is 1. The van der Waals surface area contributed by atoms with E-state index >= 15 is 0 Å². The molecule has 0 saturated heterocycles. The number of alkyl halides is 1. The van der Waals surface area contributed by atoms with E-state index in [9.17, 15) is 0 Å². The van der Waals surface area contributed by atoms with E-state index in [1.165, 1.54) is 6.33 Å². The van der Waals surface area contributed by atoms with Gasteiger partial charge >= 0.3 is 0 Å². The molecular formula is C7H9ClN2. The van der Waals surface area contributed by atoms with Crippen LogP contribution < -0.4 is 0 Å². The van der Waals surface area contributed by atoms with E-state index in [4.69, 9.17) is 11.6 Å². The highest BCUT2D eigenvalue weighted by atomic mass is 35.5. The SMILES string of the molecule is Cc1ncncc1[C@H](C)Cl. The molecule has 1 aromatic heterocycles. The molecule has 0 aliphatic heterocycles. The highest BCUT2D eigenvalue weighted by Crippen LogP contribution is 2.19. The lowest BCUT2D eigenvalue weighted by atomic mass is 10.2. The molecule has 1 rings (SSSR count). The summed E-state index contributed by atoms with van der Waals surface area (Å²) in [6.07, 6.45) is 3.28. The monoisotopic (exact) mass is 156 g/mol. The van der Waals surface area contributed by atoms with Gasteiger partial charge in [0.2, 0.25) is 0 Å². The van der Waals surface area contributed by atoms with E-state index in [2.05, 4.69) is 9.97 Å². The molecule has 0 N–H and O–H groups in total. The summed E-state index contributed by atoms with van der Waals surface area (Å²) in [7, 11) is 0. The van der Waals surface area contributed by atoms with Crippen LogP contribution in [-0.4, -0.2) is 9.97 Å². The van der Waals surface area contributed by atoms with E-state index in [0.717, 1.165) is 11.3 Å². The minimum Gasteiger partial charge on any atom is -0.244 e. The van der Waals surface area contributed by atoms with Gasteiger partial charge in [-0.25, -0.2) is 9.97 Å². The Morgan fingerprint density at radius 3 is 2.70 bits per heavy atom. The molecule has 0 aliphatic rings. The summed E-state index contributed by atoms with van der Waals surface area (Å²) in [5, 5.41) is 0.00111. The van der Waals surface area contributed by atoms with Crippen molar-refractivity contribution in [3.63, 3.8) is 0 Å². The molecule has 0 aliphatic carbocycles. The molecule has 0 bridgehead atoms. The molecule has 3 heteroatoms. The van der Waals surface area contributed by atoms with Gasteiger partial charge in [0, 0.05) is 17.5 Å². The van der Waals surface area contributed by atoms with Crippen LogP contribution in [0.2, 0.25) is 0 Å². The van der Waals surface area contributed by atoms with Crippen LogP contribution in [0.3, 0.4) is 0 Å². The maximum absolute atomic E-state index is 5.83. The van der Waals surface area contributed by atoms with Gasteiger partial charge in [-0.05, 0) is 13.8 Å². The third-order valence-electron chi connectivity index (χ3n) is 1.38. The van der Waals surface area contributed by atoms with Crippen molar-refractivity contribution in [2.24, 2.45) is 0 Å². The van der Waals surface area contributed by atoms with E-state index < -0.39 is 0 Å². The first-order chi connectivity index (χ1) is 4.72. The average molecular weight is 157 g/mol. The fourth-order valence-corrected chi connectivity index (χ4v) is 1.01. The van der Waals surface area contributed by atoms with Gasteiger partial charge in [-0.15, -0.1) is 11.6 Å². The van der Waals surface area contributed by atoms with Crippen molar-refractivity contribution in [2.45, 2.75) is 19.2 Å². The first-order valence-corrected chi connectivity index (χ1v) is 3.56. The molecule has 1 atom stereocenters. The average Bonchev–Trinajstić information content (AvgIpc) is 1.88. The molecule has 0 fully saturated rings. The van der Waals surface area contributed by atoms with Gasteiger partial charge in [-0.1, -0.05) is 0 Å². The molecule has 2 nitrogen and oxygen atoms in total. The molecule has 0 amide bonds. The Kier molecular flexibility index (Phi) is 2.22. The van der Waals surface area contributed by atoms with E-state index in [1.54, 1.807) is 6.20 Å². The first kappa shape index (κ1) is 7.48. The molecule has 10 heavy (non-hydrogen) atoms. The van der Waals surface area contributed by atoms with E-state index in [0.29, 0.717) is 0 Å². The second-order valence-corrected chi connectivity index (χ2v) is 2.83. The van der Waals surface area contributed by atoms with Gasteiger partial charge in [0.15, 0.2) is 0 Å². The Bertz CT molecular complexity index is 223. The summed E-state index contributed by atoms with van der Waals surface area (Å²) >= 11 is 5.83. The van der Waals surface area contributed by atoms with Gasteiger partial charge in [-0.2, -0.15) is 0 Å².